The first-order chi connectivity index (χ1) is 18.1. The van der Waals surface area contributed by atoms with Crippen molar-refractivity contribution in [2.75, 3.05) is 23.7 Å². The van der Waals surface area contributed by atoms with Gasteiger partial charge in [0, 0.05) is 30.6 Å². The lowest BCUT2D eigenvalue weighted by Gasteiger charge is -2.30. The van der Waals surface area contributed by atoms with Crippen LogP contribution in [0.3, 0.4) is 0 Å². The van der Waals surface area contributed by atoms with E-state index in [9.17, 15) is 18.0 Å². The lowest BCUT2D eigenvalue weighted by molar-refractivity contribution is -0.140. The van der Waals surface area contributed by atoms with Gasteiger partial charge < -0.3 is 15.0 Å². The van der Waals surface area contributed by atoms with Gasteiger partial charge in [-0.25, -0.2) is 8.42 Å². The van der Waals surface area contributed by atoms with E-state index in [1.54, 1.807) is 37.3 Å². The molecule has 1 fully saturated rings. The molecule has 1 aliphatic rings. The van der Waals surface area contributed by atoms with E-state index in [-0.39, 0.29) is 43.8 Å². The number of hydrogen-bond donors (Lipinski definition) is 1. The third-order valence-corrected chi connectivity index (χ3v) is 8.30. The Kier molecular flexibility index (Phi) is 10.8. The molecule has 0 radical (unpaired) electrons. The summed E-state index contributed by atoms with van der Waals surface area (Å²) >= 11 is 6.38. The summed E-state index contributed by atoms with van der Waals surface area (Å²) in [6.45, 7) is 4.22. The molecule has 208 valence electrons. The average molecular weight is 564 g/mol. The van der Waals surface area contributed by atoms with Crippen molar-refractivity contribution in [1.82, 2.24) is 10.2 Å². The van der Waals surface area contributed by atoms with Crippen molar-refractivity contribution < 1.29 is 22.7 Å². The van der Waals surface area contributed by atoms with Crippen LogP contribution in [0.5, 0.6) is 5.75 Å². The van der Waals surface area contributed by atoms with Gasteiger partial charge >= 0.3 is 0 Å². The fourth-order valence-corrected chi connectivity index (χ4v) is 5.87. The number of carbonyl (C=O) groups is 2. The molecule has 0 bridgehead atoms. The Morgan fingerprint density at radius 2 is 1.76 bits per heavy atom. The Morgan fingerprint density at radius 1 is 1.11 bits per heavy atom. The molecular weight excluding hydrogens is 526 g/mol. The van der Waals surface area contributed by atoms with Gasteiger partial charge in [-0.15, -0.1) is 0 Å². The molecule has 8 nitrogen and oxygen atoms in total. The van der Waals surface area contributed by atoms with Gasteiger partial charge in [0.25, 0.3) is 0 Å². The highest BCUT2D eigenvalue weighted by molar-refractivity contribution is 7.92. The van der Waals surface area contributed by atoms with Crippen molar-refractivity contribution in [2.24, 2.45) is 0 Å². The minimum atomic E-state index is -3.63. The third-order valence-electron chi connectivity index (χ3n) is 6.75. The number of anilines is 1. The quantitative estimate of drug-likeness (QED) is 0.379. The monoisotopic (exact) mass is 563 g/mol. The molecule has 10 heteroatoms. The minimum Gasteiger partial charge on any atom is -0.492 e. The molecule has 0 saturated heterocycles. The number of rotatable bonds is 13. The highest BCUT2D eigenvalue weighted by Gasteiger charge is 2.29. The van der Waals surface area contributed by atoms with E-state index in [4.69, 9.17) is 16.3 Å². The Morgan fingerprint density at radius 3 is 2.42 bits per heavy atom. The molecule has 0 aromatic heterocycles. The molecule has 1 aliphatic carbocycles. The van der Waals surface area contributed by atoms with Crippen LogP contribution in [0.2, 0.25) is 5.02 Å². The van der Waals surface area contributed by atoms with E-state index in [1.807, 2.05) is 25.1 Å². The summed E-state index contributed by atoms with van der Waals surface area (Å²) < 4.78 is 32.2. The van der Waals surface area contributed by atoms with E-state index in [2.05, 4.69) is 5.32 Å². The van der Waals surface area contributed by atoms with Crippen molar-refractivity contribution >= 4 is 39.1 Å². The van der Waals surface area contributed by atoms with Gasteiger partial charge in [0.1, 0.15) is 11.8 Å². The van der Waals surface area contributed by atoms with Crippen LogP contribution in [0, 0.1) is 0 Å². The Labute approximate surface area is 231 Å². The molecule has 0 aliphatic heterocycles. The number of halogens is 1. The molecule has 0 unspecified atom stereocenters. The van der Waals surface area contributed by atoms with Crippen LogP contribution >= 0.6 is 11.6 Å². The second-order valence-electron chi connectivity index (χ2n) is 9.62. The first-order valence-electron chi connectivity index (χ1n) is 13.1. The second kappa shape index (κ2) is 13.8. The molecule has 0 heterocycles. The minimum absolute atomic E-state index is 0.0638. The molecule has 2 amide bonds. The molecule has 2 aromatic carbocycles. The number of ether oxygens (including phenoxy) is 1. The zero-order valence-corrected chi connectivity index (χ0v) is 23.9. The van der Waals surface area contributed by atoms with Gasteiger partial charge in [-0.05, 0) is 56.9 Å². The topological polar surface area (TPSA) is 96.0 Å². The normalized spacial score (nSPS) is 14.6. The standard InChI is InChI=1S/C28H38ClN3O5S/c1-4-37-26-17-10-9-16-25(26)32(38(3,35)36)19-11-18-27(33)31(20-22-12-5-8-15-24(22)29)21(2)28(34)30-23-13-6-7-14-23/h5,8-10,12,15-17,21,23H,4,6-7,11,13-14,18-20H2,1-3H3,(H,30,34)/t21-/m1/s1. The van der Waals surface area contributed by atoms with Crippen LogP contribution in [0.4, 0.5) is 5.69 Å². The van der Waals surface area contributed by atoms with Crippen molar-refractivity contribution in [3.05, 3.63) is 59.1 Å². The highest BCUT2D eigenvalue weighted by atomic mass is 35.5. The summed E-state index contributed by atoms with van der Waals surface area (Å²) in [5.74, 6) is 0.0237. The number of benzene rings is 2. The number of sulfonamides is 1. The van der Waals surface area contributed by atoms with Crippen LogP contribution in [-0.2, 0) is 26.2 Å². The number of nitrogens with zero attached hydrogens (tertiary/aromatic N) is 2. The van der Waals surface area contributed by atoms with Crippen LogP contribution < -0.4 is 14.4 Å². The summed E-state index contributed by atoms with van der Waals surface area (Å²) in [7, 11) is -3.63. The summed E-state index contributed by atoms with van der Waals surface area (Å²) in [5.41, 5.74) is 1.17. The maximum absolute atomic E-state index is 13.5. The number of nitrogens with one attached hydrogen (secondary N) is 1. The Balaban J connectivity index is 1.75. The maximum Gasteiger partial charge on any atom is 0.242 e. The van der Waals surface area contributed by atoms with Gasteiger partial charge in [-0.3, -0.25) is 13.9 Å². The van der Waals surface area contributed by atoms with Gasteiger partial charge in [0.15, 0.2) is 0 Å². The van der Waals surface area contributed by atoms with Crippen molar-refractivity contribution in [3.8, 4) is 5.75 Å². The zero-order chi connectivity index (χ0) is 27.7. The molecule has 1 N–H and O–H groups in total. The van der Waals surface area contributed by atoms with Crippen LogP contribution in [0.15, 0.2) is 48.5 Å². The van der Waals surface area contributed by atoms with Gasteiger partial charge in [0.2, 0.25) is 21.8 Å². The molecule has 1 saturated carbocycles. The number of para-hydroxylation sites is 2. The molecule has 3 rings (SSSR count). The SMILES string of the molecule is CCOc1ccccc1N(CCCC(=O)N(Cc1ccccc1Cl)[C@H](C)C(=O)NC1CCCC1)S(C)(=O)=O. The van der Waals surface area contributed by atoms with Crippen molar-refractivity contribution in [1.29, 1.82) is 0 Å². The molecular formula is C28H38ClN3O5S. The summed E-state index contributed by atoms with van der Waals surface area (Å²) in [4.78, 5) is 28.1. The van der Waals surface area contributed by atoms with Crippen molar-refractivity contribution in [3.63, 3.8) is 0 Å². The number of amides is 2. The highest BCUT2D eigenvalue weighted by Crippen LogP contribution is 2.30. The van der Waals surface area contributed by atoms with Gasteiger partial charge in [-0.1, -0.05) is 54.8 Å². The number of hydrogen-bond acceptors (Lipinski definition) is 5. The van der Waals surface area contributed by atoms with E-state index in [0.29, 0.717) is 23.1 Å². The average Bonchev–Trinajstić information content (AvgIpc) is 3.39. The first-order valence-corrected chi connectivity index (χ1v) is 15.4. The zero-order valence-electron chi connectivity index (χ0n) is 22.4. The van der Waals surface area contributed by atoms with E-state index < -0.39 is 16.1 Å². The van der Waals surface area contributed by atoms with Gasteiger partial charge in [0.05, 0.1) is 18.6 Å². The largest absolute Gasteiger partial charge is 0.492 e. The van der Waals surface area contributed by atoms with Crippen LogP contribution in [0.1, 0.15) is 57.9 Å². The molecule has 2 aromatic rings. The molecule has 1 atom stereocenters. The summed E-state index contributed by atoms with van der Waals surface area (Å²) in [6.07, 6.45) is 5.53. The van der Waals surface area contributed by atoms with E-state index in [1.165, 1.54) is 9.21 Å². The van der Waals surface area contributed by atoms with E-state index >= 15 is 0 Å². The van der Waals surface area contributed by atoms with E-state index in [0.717, 1.165) is 37.5 Å². The summed E-state index contributed by atoms with van der Waals surface area (Å²) in [6, 6.07) is 13.6. The second-order valence-corrected chi connectivity index (χ2v) is 11.9. The first kappa shape index (κ1) is 29.8. The predicted molar refractivity (Wildman–Crippen MR) is 151 cm³/mol. The van der Waals surface area contributed by atoms with Crippen LogP contribution in [-0.4, -0.2) is 56.6 Å². The maximum atomic E-state index is 13.5. The lowest BCUT2D eigenvalue weighted by Crippen LogP contribution is -2.49. The number of carbonyl (C=O) groups excluding carboxylic acids is 2. The lowest BCUT2D eigenvalue weighted by atomic mass is 10.1. The Hall–Kier alpha value is -2.78. The fourth-order valence-electron chi connectivity index (χ4n) is 4.71. The Bertz CT molecular complexity index is 1200. The molecule has 38 heavy (non-hydrogen) atoms. The smallest absolute Gasteiger partial charge is 0.242 e. The fraction of sp³-hybridized carbons (Fsp3) is 0.500. The third kappa shape index (κ3) is 8.11. The molecule has 0 spiro atoms. The van der Waals surface area contributed by atoms with Gasteiger partial charge in [-0.2, -0.15) is 0 Å². The predicted octanol–water partition coefficient (Wildman–Crippen LogP) is 4.76. The van der Waals surface area contributed by atoms with Crippen LogP contribution in [0.25, 0.3) is 0 Å². The summed E-state index contributed by atoms with van der Waals surface area (Å²) in [5, 5.41) is 3.60. The van der Waals surface area contributed by atoms with Crippen molar-refractivity contribution in [2.45, 2.75) is 71.0 Å².